The van der Waals surface area contributed by atoms with Crippen molar-refractivity contribution in [2.24, 2.45) is 0 Å². The van der Waals surface area contributed by atoms with Crippen LogP contribution < -0.4 is 4.90 Å². The van der Waals surface area contributed by atoms with E-state index in [0.29, 0.717) is 5.69 Å². The summed E-state index contributed by atoms with van der Waals surface area (Å²) in [4.78, 5) is 15.9. The first-order chi connectivity index (χ1) is 11.7. The Bertz CT molecular complexity index is 698. The van der Waals surface area contributed by atoms with Crippen molar-refractivity contribution in [1.82, 2.24) is 4.90 Å². The van der Waals surface area contributed by atoms with Gasteiger partial charge in [0.05, 0.1) is 18.4 Å². The van der Waals surface area contributed by atoms with Gasteiger partial charge >= 0.3 is 5.97 Å². The monoisotopic (exact) mass is 328 g/mol. The molecular weight excluding hydrogens is 307 g/mol. The lowest BCUT2D eigenvalue weighted by Crippen LogP contribution is -2.46. The summed E-state index contributed by atoms with van der Waals surface area (Å²) in [6.45, 7) is 4.21. The van der Waals surface area contributed by atoms with Crippen LogP contribution in [0, 0.1) is 5.82 Å². The van der Waals surface area contributed by atoms with Crippen molar-refractivity contribution >= 4 is 11.7 Å². The number of anilines is 1. The fourth-order valence-electron chi connectivity index (χ4n) is 3.00. The van der Waals surface area contributed by atoms with Gasteiger partial charge in [-0.2, -0.15) is 0 Å². The van der Waals surface area contributed by atoms with Gasteiger partial charge < -0.3 is 9.64 Å². The molecule has 1 aliphatic heterocycles. The maximum atomic E-state index is 14.3. The fraction of sp³-hybridized carbons (Fsp3) is 0.316. The number of rotatable bonds is 4. The zero-order valence-electron chi connectivity index (χ0n) is 13.7. The summed E-state index contributed by atoms with van der Waals surface area (Å²) in [6.07, 6.45) is 0. The Kier molecular flexibility index (Phi) is 5.11. The van der Waals surface area contributed by atoms with Crippen molar-refractivity contribution in [2.45, 2.75) is 6.54 Å². The molecule has 4 nitrogen and oxygen atoms in total. The molecule has 0 spiro atoms. The second-order valence-corrected chi connectivity index (χ2v) is 5.91. The molecule has 126 valence electrons. The number of methoxy groups -OCH3 is 1. The molecule has 1 fully saturated rings. The van der Waals surface area contributed by atoms with Gasteiger partial charge in [0.25, 0.3) is 0 Å². The van der Waals surface area contributed by atoms with Gasteiger partial charge in [0.1, 0.15) is 5.82 Å². The number of benzene rings is 2. The first-order valence-corrected chi connectivity index (χ1v) is 8.06. The van der Waals surface area contributed by atoms with Crippen molar-refractivity contribution in [3.63, 3.8) is 0 Å². The highest BCUT2D eigenvalue weighted by Crippen LogP contribution is 2.22. The predicted molar refractivity (Wildman–Crippen MR) is 91.7 cm³/mol. The van der Waals surface area contributed by atoms with Gasteiger partial charge in [0, 0.05) is 32.7 Å². The van der Waals surface area contributed by atoms with E-state index < -0.39 is 5.97 Å². The first kappa shape index (κ1) is 16.5. The molecule has 2 aromatic rings. The maximum absolute atomic E-state index is 14.3. The smallest absolute Gasteiger partial charge is 0.337 e. The molecule has 0 aliphatic carbocycles. The van der Waals surface area contributed by atoms with E-state index in [4.69, 9.17) is 0 Å². The molecule has 0 bridgehead atoms. The number of piperazine rings is 1. The van der Waals surface area contributed by atoms with Crippen molar-refractivity contribution in [1.29, 1.82) is 0 Å². The molecule has 0 N–H and O–H groups in total. The van der Waals surface area contributed by atoms with Crippen molar-refractivity contribution in [3.8, 4) is 0 Å². The van der Waals surface area contributed by atoms with Gasteiger partial charge in [0.2, 0.25) is 0 Å². The Morgan fingerprint density at radius 2 is 1.79 bits per heavy atom. The van der Waals surface area contributed by atoms with Gasteiger partial charge in [-0.3, -0.25) is 4.90 Å². The topological polar surface area (TPSA) is 32.8 Å². The number of halogens is 1. The third-order valence-corrected chi connectivity index (χ3v) is 4.33. The minimum absolute atomic E-state index is 0.237. The minimum atomic E-state index is -0.520. The van der Waals surface area contributed by atoms with E-state index in [1.54, 1.807) is 12.1 Å². The summed E-state index contributed by atoms with van der Waals surface area (Å²) in [5.41, 5.74) is 2.07. The van der Waals surface area contributed by atoms with Gasteiger partial charge in [-0.25, -0.2) is 9.18 Å². The summed E-state index contributed by atoms with van der Waals surface area (Å²) >= 11 is 0. The molecule has 0 unspecified atom stereocenters. The molecule has 1 aliphatic rings. The van der Waals surface area contributed by atoms with Crippen LogP contribution in [0.3, 0.4) is 0 Å². The van der Waals surface area contributed by atoms with E-state index in [-0.39, 0.29) is 11.4 Å². The van der Waals surface area contributed by atoms with E-state index >= 15 is 0 Å². The number of ether oxygens (including phenoxy) is 1. The first-order valence-electron chi connectivity index (χ1n) is 8.06. The molecule has 24 heavy (non-hydrogen) atoms. The molecule has 1 saturated heterocycles. The average Bonchev–Trinajstić information content (AvgIpc) is 2.62. The van der Waals surface area contributed by atoms with Crippen molar-refractivity contribution in [2.75, 3.05) is 38.2 Å². The second-order valence-electron chi connectivity index (χ2n) is 5.91. The van der Waals surface area contributed by atoms with Crippen LogP contribution in [-0.4, -0.2) is 44.2 Å². The summed E-state index contributed by atoms with van der Waals surface area (Å²) in [7, 11) is 1.29. The molecule has 1 heterocycles. The highest BCUT2D eigenvalue weighted by atomic mass is 19.1. The van der Waals surface area contributed by atoms with E-state index in [2.05, 4.69) is 21.8 Å². The van der Waals surface area contributed by atoms with Crippen molar-refractivity contribution < 1.29 is 13.9 Å². The molecular formula is C19H21FN2O2. The lowest BCUT2D eigenvalue weighted by atomic mass is 10.1. The van der Waals surface area contributed by atoms with E-state index in [1.807, 2.05) is 23.1 Å². The molecule has 0 atom stereocenters. The third-order valence-electron chi connectivity index (χ3n) is 4.33. The van der Waals surface area contributed by atoms with E-state index in [9.17, 15) is 9.18 Å². The van der Waals surface area contributed by atoms with Crippen LogP contribution in [0.25, 0.3) is 0 Å². The molecule has 0 aromatic heterocycles. The number of hydrogen-bond acceptors (Lipinski definition) is 4. The Balaban J connectivity index is 1.61. The Labute approximate surface area is 141 Å². The summed E-state index contributed by atoms with van der Waals surface area (Å²) in [6, 6.07) is 14.9. The molecule has 5 heteroatoms. The van der Waals surface area contributed by atoms with Crippen LogP contribution in [-0.2, 0) is 11.3 Å². The summed E-state index contributed by atoms with van der Waals surface area (Å²) in [5, 5.41) is 0. The van der Waals surface area contributed by atoms with Gasteiger partial charge in [-0.15, -0.1) is 0 Å². The van der Waals surface area contributed by atoms with Crippen molar-refractivity contribution in [3.05, 3.63) is 65.5 Å². The number of hydrogen-bond donors (Lipinski definition) is 0. The van der Waals surface area contributed by atoms with E-state index in [1.165, 1.54) is 18.7 Å². The molecule has 2 aromatic carbocycles. The van der Waals surface area contributed by atoms with Crippen LogP contribution >= 0.6 is 0 Å². The zero-order chi connectivity index (χ0) is 16.9. The van der Waals surface area contributed by atoms with E-state index in [0.717, 1.165) is 32.7 Å². The quantitative estimate of drug-likeness (QED) is 0.808. The van der Waals surface area contributed by atoms with Gasteiger partial charge in [-0.05, 0) is 23.8 Å². The largest absolute Gasteiger partial charge is 0.465 e. The minimum Gasteiger partial charge on any atom is -0.465 e. The zero-order valence-corrected chi connectivity index (χ0v) is 13.7. The number of carbonyl (C=O) groups excluding carboxylic acids is 1. The Hall–Kier alpha value is -2.40. The normalized spacial score (nSPS) is 15.3. The standard InChI is InChI=1S/C19H21FN2O2/c1-24-19(23)16-7-8-18(17(20)13-16)22-11-9-21(10-12-22)14-15-5-3-2-4-6-15/h2-8,13H,9-12,14H2,1H3. The predicted octanol–water partition coefficient (Wildman–Crippen LogP) is 2.93. The molecule has 0 amide bonds. The van der Waals surface area contributed by atoms with Crippen LogP contribution in [0.2, 0.25) is 0 Å². The lowest BCUT2D eigenvalue weighted by Gasteiger charge is -2.36. The molecule has 0 radical (unpaired) electrons. The van der Waals surface area contributed by atoms with Gasteiger partial charge in [-0.1, -0.05) is 30.3 Å². The average molecular weight is 328 g/mol. The van der Waals surface area contributed by atoms with Crippen LogP contribution in [0.1, 0.15) is 15.9 Å². The second kappa shape index (κ2) is 7.45. The number of carbonyl (C=O) groups is 1. The lowest BCUT2D eigenvalue weighted by molar-refractivity contribution is 0.0600. The third kappa shape index (κ3) is 3.74. The summed E-state index contributed by atoms with van der Waals surface area (Å²) < 4.78 is 18.9. The highest BCUT2D eigenvalue weighted by molar-refractivity contribution is 5.89. The van der Waals surface area contributed by atoms with Gasteiger partial charge in [0.15, 0.2) is 0 Å². The fourth-order valence-corrected chi connectivity index (χ4v) is 3.00. The molecule has 3 rings (SSSR count). The number of nitrogens with zero attached hydrogens (tertiary/aromatic N) is 2. The molecule has 0 saturated carbocycles. The van der Waals surface area contributed by atoms with Crippen LogP contribution in [0.5, 0.6) is 0 Å². The maximum Gasteiger partial charge on any atom is 0.337 e. The number of esters is 1. The summed E-state index contributed by atoms with van der Waals surface area (Å²) in [5.74, 6) is -0.900. The Morgan fingerprint density at radius 3 is 2.42 bits per heavy atom. The SMILES string of the molecule is COC(=O)c1ccc(N2CCN(Cc3ccccc3)CC2)c(F)c1. The van der Waals surface area contributed by atoms with Crippen LogP contribution in [0.15, 0.2) is 48.5 Å². The van der Waals surface area contributed by atoms with Crippen LogP contribution in [0.4, 0.5) is 10.1 Å². The highest BCUT2D eigenvalue weighted by Gasteiger charge is 2.20. The Morgan fingerprint density at radius 1 is 1.08 bits per heavy atom.